The molecule has 0 spiro atoms. The molecule has 5 nitrogen and oxygen atoms in total. The van der Waals surface area contributed by atoms with Gasteiger partial charge in [-0.3, -0.25) is 14.4 Å². The van der Waals surface area contributed by atoms with E-state index < -0.39 is 10.0 Å². The highest BCUT2D eigenvalue weighted by Crippen LogP contribution is 2.24. The molecule has 6 heteroatoms. The fraction of sp³-hybridized carbons (Fsp3) is 0.350. The van der Waals surface area contributed by atoms with Crippen LogP contribution in [-0.2, 0) is 16.6 Å². The van der Waals surface area contributed by atoms with Crippen molar-refractivity contribution in [2.45, 2.75) is 19.4 Å². The normalized spacial score (nSPS) is 16.3. The molecule has 2 aromatic carbocycles. The number of carbonyl (C=O) groups excluding carboxylic acids is 1. The van der Waals surface area contributed by atoms with Gasteiger partial charge in [0.05, 0.1) is 6.26 Å². The molecule has 1 fully saturated rings. The van der Waals surface area contributed by atoms with Crippen LogP contribution in [0, 0.1) is 5.92 Å². The second-order valence-corrected chi connectivity index (χ2v) is 8.60. The van der Waals surface area contributed by atoms with Crippen LogP contribution in [0.25, 0.3) is 0 Å². The predicted molar refractivity (Wildman–Crippen MR) is 104 cm³/mol. The van der Waals surface area contributed by atoms with Gasteiger partial charge in [0.25, 0.3) is 0 Å². The molecule has 138 valence electrons. The highest BCUT2D eigenvalue weighted by Gasteiger charge is 2.25. The highest BCUT2D eigenvalue weighted by atomic mass is 32.2. The van der Waals surface area contributed by atoms with Crippen molar-refractivity contribution >= 4 is 21.5 Å². The van der Waals surface area contributed by atoms with Crippen molar-refractivity contribution in [2.75, 3.05) is 24.1 Å². The molecule has 1 aliphatic heterocycles. The van der Waals surface area contributed by atoms with E-state index in [4.69, 9.17) is 0 Å². The van der Waals surface area contributed by atoms with Crippen LogP contribution in [0.2, 0.25) is 0 Å². The minimum absolute atomic E-state index is 0.0377. The molecule has 0 saturated carbocycles. The van der Waals surface area contributed by atoms with Gasteiger partial charge in [-0.1, -0.05) is 30.3 Å². The summed E-state index contributed by atoms with van der Waals surface area (Å²) >= 11 is 0. The lowest BCUT2D eigenvalue weighted by Crippen LogP contribution is -2.35. The second kappa shape index (κ2) is 8.01. The lowest BCUT2D eigenvalue weighted by Gasteiger charge is -2.31. The van der Waals surface area contributed by atoms with E-state index in [1.54, 1.807) is 24.3 Å². The van der Waals surface area contributed by atoms with Crippen molar-refractivity contribution < 1.29 is 13.2 Å². The number of nitrogens with one attached hydrogen (secondary N) is 1. The predicted octanol–water partition coefficient (Wildman–Crippen LogP) is 3.15. The monoisotopic (exact) mass is 372 g/mol. The standard InChI is InChI=1S/C20H24N2O3S/c1-26(24,25)21-19-9-7-17(8-10-19)20(23)18-11-13-22(14-12-18)15-16-5-3-2-4-6-16/h2-10,18,21H,11-15H2,1H3. The molecule has 0 unspecified atom stereocenters. The molecule has 2 aromatic rings. The summed E-state index contributed by atoms with van der Waals surface area (Å²) < 4.78 is 24.9. The summed E-state index contributed by atoms with van der Waals surface area (Å²) in [7, 11) is -3.30. The van der Waals surface area contributed by atoms with Gasteiger partial charge >= 0.3 is 0 Å². The maximum atomic E-state index is 12.7. The Labute approximate surface area is 155 Å². The average Bonchev–Trinajstić information content (AvgIpc) is 2.62. The van der Waals surface area contributed by atoms with Crippen LogP contribution in [0.1, 0.15) is 28.8 Å². The summed E-state index contributed by atoms with van der Waals surface area (Å²) in [5, 5.41) is 0. The maximum Gasteiger partial charge on any atom is 0.229 e. The van der Waals surface area contributed by atoms with Gasteiger partial charge in [0.15, 0.2) is 5.78 Å². The number of piperidine rings is 1. The molecule has 0 bridgehead atoms. The summed E-state index contributed by atoms with van der Waals surface area (Å²) in [6.07, 6.45) is 2.82. The van der Waals surface area contributed by atoms with Crippen molar-refractivity contribution in [1.29, 1.82) is 0 Å². The zero-order valence-corrected chi connectivity index (χ0v) is 15.7. The third-order valence-electron chi connectivity index (χ3n) is 4.68. The Hall–Kier alpha value is -2.18. The molecule has 1 heterocycles. The zero-order chi connectivity index (χ0) is 18.6. The van der Waals surface area contributed by atoms with Gasteiger partial charge < -0.3 is 0 Å². The van der Waals surface area contributed by atoms with Crippen molar-refractivity contribution in [3.63, 3.8) is 0 Å². The first-order valence-corrected chi connectivity index (χ1v) is 10.7. The van der Waals surface area contributed by atoms with Crippen LogP contribution in [0.15, 0.2) is 54.6 Å². The van der Waals surface area contributed by atoms with E-state index in [0.717, 1.165) is 38.7 Å². The van der Waals surface area contributed by atoms with E-state index in [-0.39, 0.29) is 11.7 Å². The van der Waals surface area contributed by atoms with Gasteiger partial charge in [-0.05, 0) is 55.8 Å². The number of carbonyl (C=O) groups is 1. The first kappa shape index (κ1) is 18.6. The largest absolute Gasteiger partial charge is 0.299 e. The number of nitrogens with zero attached hydrogens (tertiary/aromatic N) is 1. The number of rotatable bonds is 6. The Balaban J connectivity index is 1.55. The molecular formula is C20H24N2O3S. The highest BCUT2D eigenvalue weighted by molar-refractivity contribution is 7.92. The summed E-state index contributed by atoms with van der Waals surface area (Å²) in [6.45, 7) is 2.76. The Morgan fingerprint density at radius 1 is 1.04 bits per heavy atom. The van der Waals surface area contributed by atoms with Gasteiger partial charge in [0, 0.05) is 23.7 Å². The van der Waals surface area contributed by atoms with E-state index in [2.05, 4.69) is 21.8 Å². The topological polar surface area (TPSA) is 66.5 Å². The van der Waals surface area contributed by atoms with Crippen LogP contribution in [0.4, 0.5) is 5.69 Å². The van der Waals surface area contributed by atoms with Crippen LogP contribution >= 0.6 is 0 Å². The minimum Gasteiger partial charge on any atom is -0.299 e. The molecular weight excluding hydrogens is 348 g/mol. The maximum absolute atomic E-state index is 12.7. The van der Waals surface area contributed by atoms with Gasteiger partial charge in [-0.15, -0.1) is 0 Å². The van der Waals surface area contributed by atoms with Gasteiger partial charge in [0.2, 0.25) is 10.0 Å². The summed E-state index contributed by atoms with van der Waals surface area (Å²) in [6, 6.07) is 17.1. The SMILES string of the molecule is CS(=O)(=O)Nc1ccc(C(=O)C2CCN(Cc3ccccc3)CC2)cc1. The van der Waals surface area contributed by atoms with Gasteiger partial charge in [-0.2, -0.15) is 0 Å². The third-order valence-corrected chi connectivity index (χ3v) is 5.29. The van der Waals surface area contributed by atoms with E-state index in [1.807, 2.05) is 18.2 Å². The quantitative estimate of drug-likeness (QED) is 0.791. The molecule has 0 radical (unpaired) electrons. The van der Waals surface area contributed by atoms with Gasteiger partial charge in [-0.25, -0.2) is 8.42 Å². The number of ketones is 1. The smallest absolute Gasteiger partial charge is 0.229 e. The van der Waals surface area contributed by atoms with Gasteiger partial charge in [0.1, 0.15) is 0 Å². The fourth-order valence-corrected chi connectivity index (χ4v) is 3.91. The van der Waals surface area contributed by atoms with Crippen molar-refractivity contribution in [2.24, 2.45) is 5.92 Å². The fourth-order valence-electron chi connectivity index (χ4n) is 3.35. The van der Waals surface area contributed by atoms with E-state index in [1.165, 1.54) is 5.56 Å². The third kappa shape index (κ3) is 5.16. The molecule has 0 aliphatic carbocycles. The molecule has 0 atom stereocenters. The summed E-state index contributed by atoms with van der Waals surface area (Å²) in [4.78, 5) is 15.1. The van der Waals surface area contributed by atoms with Crippen molar-refractivity contribution in [3.8, 4) is 0 Å². The number of hydrogen-bond donors (Lipinski definition) is 1. The Morgan fingerprint density at radius 3 is 2.23 bits per heavy atom. The first-order chi connectivity index (χ1) is 12.4. The summed E-state index contributed by atoms with van der Waals surface area (Å²) in [5.74, 6) is 0.186. The number of anilines is 1. The van der Waals surface area contributed by atoms with Crippen molar-refractivity contribution in [1.82, 2.24) is 4.90 Å². The van der Waals surface area contributed by atoms with E-state index >= 15 is 0 Å². The molecule has 0 aromatic heterocycles. The first-order valence-electron chi connectivity index (χ1n) is 8.79. The van der Waals surface area contributed by atoms with Crippen LogP contribution in [0.5, 0.6) is 0 Å². The van der Waals surface area contributed by atoms with E-state index in [0.29, 0.717) is 11.3 Å². The Bertz CT molecular complexity index is 840. The number of Topliss-reactive ketones (excluding diaryl/α,β-unsaturated/α-hetero) is 1. The lowest BCUT2D eigenvalue weighted by atomic mass is 9.88. The molecule has 1 N–H and O–H groups in total. The minimum atomic E-state index is -3.30. The number of hydrogen-bond acceptors (Lipinski definition) is 4. The zero-order valence-electron chi connectivity index (χ0n) is 14.9. The Kier molecular flexibility index (Phi) is 5.74. The number of benzene rings is 2. The molecule has 26 heavy (non-hydrogen) atoms. The summed E-state index contributed by atoms with van der Waals surface area (Å²) in [5.41, 5.74) is 2.42. The van der Waals surface area contributed by atoms with Crippen molar-refractivity contribution in [3.05, 3.63) is 65.7 Å². The van der Waals surface area contributed by atoms with Crippen LogP contribution in [-0.4, -0.2) is 38.4 Å². The number of sulfonamides is 1. The molecule has 1 aliphatic rings. The van der Waals surface area contributed by atoms with E-state index in [9.17, 15) is 13.2 Å². The van der Waals surface area contributed by atoms with Crippen LogP contribution < -0.4 is 4.72 Å². The molecule has 3 rings (SSSR count). The molecule has 0 amide bonds. The number of likely N-dealkylation sites (tertiary alicyclic amines) is 1. The molecule has 1 saturated heterocycles. The lowest BCUT2D eigenvalue weighted by molar-refractivity contribution is 0.0835. The second-order valence-electron chi connectivity index (χ2n) is 6.85. The Morgan fingerprint density at radius 2 is 1.65 bits per heavy atom. The average molecular weight is 372 g/mol. The van der Waals surface area contributed by atoms with Crippen LogP contribution in [0.3, 0.4) is 0 Å².